The molecular formula is C24H27N3O4S. The minimum Gasteiger partial charge on any atom is -0.389 e. The molecule has 2 aromatic carbocycles. The highest BCUT2D eigenvalue weighted by Gasteiger charge is 2.36. The van der Waals surface area contributed by atoms with Crippen LogP contribution in [0.1, 0.15) is 37.0 Å². The number of aliphatic hydroxyl groups is 1. The number of para-hydroxylation sites is 1. The van der Waals surface area contributed by atoms with E-state index in [-0.39, 0.29) is 16.7 Å². The van der Waals surface area contributed by atoms with E-state index in [1.807, 2.05) is 26.0 Å². The zero-order valence-electron chi connectivity index (χ0n) is 18.2. The minimum atomic E-state index is -3.85. The van der Waals surface area contributed by atoms with Gasteiger partial charge in [0.05, 0.1) is 11.1 Å². The van der Waals surface area contributed by atoms with Crippen molar-refractivity contribution in [3.8, 4) is 0 Å². The van der Waals surface area contributed by atoms with Crippen molar-refractivity contribution >= 4 is 32.5 Å². The number of likely N-dealkylation sites (tertiary alicyclic amines) is 1. The maximum Gasteiger partial charge on any atom is 0.264 e. The van der Waals surface area contributed by atoms with Crippen molar-refractivity contribution < 1.29 is 18.3 Å². The van der Waals surface area contributed by atoms with Crippen molar-refractivity contribution in [3.63, 3.8) is 0 Å². The summed E-state index contributed by atoms with van der Waals surface area (Å²) in [6.07, 6.45) is 2.66. The number of hydrogen-bond donors (Lipinski definition) is 2. The van der Waals surface area contributed by atoms with E-state index >= 15 is 0 Å². The highest BCUT2D eigenvalue weighted by Crippen LogP contribution is 2.30. The van der Waals surface area contributed by atoms with Crippen LogP contribution in [0.15, 0.2) is 65.7 Å². The number of hydrogen-bond acceptors (Lipinski definition) is 5. The fourth-order valence-electron chi connectivity index (χ4n) is 4.04. The Labute approximate surface area is 188 Å². The number of anilines is 1. The highest BCUT2D eigenvalue weighted by molar-refractivity contribution is 7.93. The van der Waals surface area contributed by atoms with Crippen LogP contribution >= 0.6 is 0 Å². The number of aromatic nitrogens is 1. The molecule has 7 nitrogen and oxygen atoms in total. The van der Waals surface area contributed by atoms with Crippen molar-refractivity contribution in [3.05, 3.63) is 66.4 Å². The van der Waals surface area contributed by atoms with Gasteiger partial charge < -0.3 is 10.0 Å². The number of amides is 1. The molecule has 0 unspecified atom stereocenters. The maximum absolute atomic E-state index is 12.9. The molecule has 1 fully saturated rings. The topological polar surface area (TPSA) is 99.6 Å². The number of pyridine rings is 1. The average molecular weight is 454 g/mol. The zero-order chi connectivity index (χ0) is 22.9. The van der Waals surface area contributed by atoms with Crippen LogP contribution in [-0.2, 0) is 10.0 Å². The van der Waals surface area contributed by atoms with Gasteiger partial charge in [-0.3, -0.25) is 14.5 Å². The van der Waals surface area contributed by atoms with Gasteiger partial charge in [-0.05, 0) is 55.2 Å². The zero-order valence-corrected chi connectivity index (χ0v) is 19.0. The van der Waals surface area contributed by atoms with Gasteiger partial charge in [0.1, 0.15) is 4.90 Å². The molecule has 0 atom stereocenters. The van der Waals surface area contributed by atoms with E-state index in [0.717, 1.165) is 5.39 Å². The van der Waals surface area contributed by atoms with Crippen LogP contribution in [0.5, 0.6) is 0 Å². The normalized spacial score (nSPS) is 16.3. The molecule has 1 aliphatic rings. The van der Waals surface area contributed by atoms with E-state index in [2.05, 4.69) is 9.71 Å². The van der Waals surface area contributed by atoms with Crippen LogP contribution in [0.25, 0.3) is 10.9 Å². The first kappa shape index (κ1) is 22.2. The Bertz CT molecular complexity index is 1230. The summed E-state index contributed by atoms with van der Waals surface area (Å²) in [6, 6.07) is 15.0. The third kappa shape index (κ3) is 4.33. The third-order valence-electron chi connectivity index (χ3n) is 6.26. The number of nitrogens with zero attached hydrogens (tertiary/aromatic N) is 2. The first-order valence-corrected chi connectivity index (χ1v) is 12.2. The molecule has 1 aromatic heterocycles. The number of fused-ring (bicyclic) bond motifs is 1. The van der Waals surface area contributed by atoms with Gasteiger partial charge >= 0.3 is 0 Å². The quantitative estimate of drug-likeness (QED) is 0.614. The molecule has 0 radical (unpaired) electrons. The number of benzene rings is 2. The first-order valence-electron chi connectivity index (χ1n) is 10.7. The number of carbonyl (C=O) groups is 1. The van der Waals surface area contributed by atoms with Crippen LogP contribution in [0.3, 0.4) is 0 Å². The van der Waals surface area contributed by atoms with Gasteiger partial charge in [0.25, 0.3) is 15.9 Å². The molecule has 2 N–H and O–H groups in total. The number of piperidine rings is 1. The molecule has 0 bridgehead atoms. The number of carbonyl (C=O) groups excluding carboxylic acids is 1. The minimum absolute atomic E-state index is 0.0988. The number of sulfonamides is 1. The van der Waals surface area contributed by atoms with Crippen molar-refractivity contribution in [2.75, 3.05) is 17.8 Å². The summed E-state index contributed by atoms with van der Waals surface area (Å²) >= 11 is 0. The Hall–Kier alpha value is -2.97. The van der Waals surface area contributed by atoms with Crippen molar-refractivity contribution in [1.82, 2.24) is 9.88 Å². The Morgan fingerprint density at radius 1 is 1.06 bits per heavy atom. The van der Waals surface area contributed by atoms with Gasteiger partial charge in [0.15, 0.2) is 0 Å². The van der Waals surface area contributed by atoms with Crippen LogP contribution in [-0.4, -0.2) is 48.0 Å². The van der Waals surface area contributed by atoms with E-state index in [0.29, 0.717) is 42.7 Å². The van der Waals surface area contributed by atoms with Gasteiger partial charge in [-0.25, -0.2) is 8.42 Å². The molecule has 1 saturated heterocycles. The molecule has 1 aliphatic heterocycles. The van der Waals surface area contributed by atoms with Gasteiger partial charge in [0.2, 0.25) is 0 Å². The molecule has 0 saturated carbocycles. The summed E-state index contributed by atoms with van der Waals surface area (Å²) in [5.41, 5.74) is 0.521. The average Bonchev–Trinajstić information content (AvgIpc) is 2.79. The van der Waals surface area contributed by atoms with Gasteiger partial charge in [-0.2, -0.15) is 0 Å². The molecule has 32 heavy (non-hydrogen) atoms. The van der Waals surface area contributed by atoms with Crippen LogP contribution in [0.4, 0.5) is 5.69 Å². The number of nitrogens with one attached hydrogen (secondary N) is 1. The van der Waals surface area contributed by atoms with Crippen LogP contribution in [0.2, 0.25) is 0 Å². The second kappa shape index (κ2) is 8.52. The summed E-state index contributed by atoms with van der Waals surface area (Å²) in [4.78, 5) is 18.9. The van der Waals surface area contributed by atoms with E-state index < -0.39 is 15.6 Å². The van der Waals surface area contributed by atoms with E-state index in [1.54, 1.807) is 47.5 Å². The van der Waals surface area contributed by atoms with Gasteiger partial charge in [-0.15, -0.1) is 0 Å². The molecule has 2 heterocycles. The predicted molar refractivity (Wildman–Crippen MR) is 124 cm³/mol. The SMILES string of the molecule is CC(C)C1(O)CCN(C(=O)c2ccc(NS(=O)(=O)c3cccc4cccnc34)cc2)CC1. The Balaban J connectivity index is 1.48. The van der Waals surface area contributed by atoms with Gasteiger partial charge in [0, 0.05) is 35.9 Å². The van der Waals surface area contributed by atoms with Crippen molar-refractivity contribution in [2.24, 2.45) is 5.92 Å². The molecule has 3 aromatic rings. The summed E-state index contributed by atoms with van der Waals surface area (Å²) in [5.74, 6) is 0.0208. The Morgan fingerprint density at radius 3 is 2.38 bits per heavy atom. The smallest absolute Gasteiger partial charge is 0.264 e. The molecule has 0 aliphatic carbocycles. The maximum atomic E-state index is 12.9. The monoisotopic (exact) mass is 453 g/mol. The second-order valence-electron chi connectivity index (χ2n) is 8.56. The van der Waals surface area contributed by atoms with Crippen LogP contribution in [0, 0.1) is 5.92 Å². The second-order valence-corrected chi connectivity index (χ2v) is 10.2. The van der Waals surface area contributed by atoms with Crippen LogP contribution < -0.4 is 4.72 Å². The molecule has 8 heteroatoms. The fourth-order valence-corrected chi connectivity index (χ4v) is 5.28. The van der Waals surface area contributed by atoms with E-state index in [4.69, 9.17) is 0 Å². The molecular weight excluding hydrogens is 426 g/mol. The fraction of sp³-hybridized carbons (Fsp3) is 0.333. The van der Waals surface area contributed by atoms with E-state index in [9.17, 15) is 18.3 Å². The Morgan fingerprint density at radius 2 is 1.72 bits per heavy atom. The first-order chi connectivity index (χ1) is 15.2. The summed E-state index contributed by atoms with van der Waals surface area (Å²) in [7, 11) is -3.85. The highest BCUT2D eigenvalue weighted by atomic mass is 32.2. The molecule has 4 rings (SSSR count). The van der Waals surface area contributed by atoms with Gasteiger partial charge in [-0.1, -0.05) is 32.0 Å². The lowest BCUT2D eigenvalue weighted by Crippen LogP contribution is -2.49. The van der Waals surface area contributed by atoms with Crippen molar-refractivity contribution in [2.45, 2.75) is 37.2 Å². The van der Waals surface area contributed by atoms with Crippen molar-refractivity contribution in [1.29, 1.82) is 0 Å². The summed E-state index contributed by atoms with van der Waals surface area (Å²) in [5, 5.41) is 11.4. The predicted octanol–water partition coefficient (Wildman–Crippen LogP) is 3.66. The van der Waals surface area contributed by atoms with E-state index in [1.165, 1.54) is 6.07 Å². The molecule has 1 amide bonds. The summed E-state index contributed by atoms with van der Waals surface area (Å²) < 4.78 is 28.5. The lowest BCUT2D eigenvalue weighted by atomic mass is 9.81. The number of rotatable bonds is 5. The lowest BCUT2D eigenvalue weighted by Gasteiger charge is -2.40. The standard InChI is InChI=1S/C24H27N3O4S/c1-17(2)24(29)12-15-27(16-13-24)23(28)19-8-10-20(11-9-19)26-32(30,31)21-7-3-5-18-6-4-14-25-22(18)21/h3-11,14,17,26,29H,12-13,15-16H2,1-2H3. The third-order valence-corrected chi connectivity index (χ3v) is 7.67. The molecule has 168 valence electrons. The molecule has 0 spiro atoms. The lowest BCUT2D eigenvalue weighted by molar-refractivity contribution is -0.0512. The summed E-state index contributed by atoms with van der Waals surface area (Å²) in [6.45, 7) is 4.98. The largest absolute Gasteiger partial charge is 0.389 e. The Kier molecular flexibility index (Phi) is 5.92.